The molecule has 0 saturated heterocycles. The number of fused-ring (bicyclic) bond motifs is 1. The van der Waals surface area contributed by atoms with Crippen LogP contribution in [-0.2, 0) is 18.9 Å². The highest BCUT2D eigenvalue weighted by molar-refractivity contribution is 8.00. The van der Waals surface area contributed by atoms with Gasteiger partial charge in [0.2, 0.25) is 5.91 Å². The quantitative estimate of drug-likeness (QED) is 0.446. The van der Waals surface area contributed by atoms with Gasteiger partial charge in [-0.2, -0.15) is 0 Å². The Kier molecular flexibility index (Phi) is 6.31. The first-order valence-corrected chi connectivity index (χ1v) is 11.4. The summed E-state index contributed by atoms with van der Waals surface area (Å²) in [6, 6.07) is 7.40. The number of benzene rings is 1. The van der Waals surface area contributed by atoms with Crippen LogP contribution >= 0.6 is 11.8 Å². The van der Waals surface area contributed by atoms with Gasteiger partial charge in [-0.15, -0.1) is 0 Å². The fourth-order valence-corrected chi connectivity index (χ4v) is 4.70. The van der Waals surface area contributed by atoms with Crippen LogP contribution in [0.1, 0.15) is 25.7 Å². The Bertz CT molecular complexity index is 1280. The second-order valence-electron chi connectivity index (χ2n) is 7.82. The van der Waals surface area contributed by atoms with Gasteiger partial charge in [-0.1, -0.05) is 24.6 Å². The lowest BCUT2D eigenvalue weighted by Gasteiger charge is -2.13. The van der Waals surface area contributed by atoms with E-state index in [1.165, 1.54) is 23.4 Å². The Labute approximate surface area is 188 Å². The fourth-order valence-electron chi connectivity index (χ4n) is 3.88. The number of rotatable bonds is 6. The van der Waals surface area contributed by atoms with Crippen molar-refractivity contribution in [1.82, 2.24) is 24.4 Å². The molecule has 168 valence electrons. The molecule has 0 unspecified atom stereocenters. The van der Waals surface area contributed by atoms with Gasteiger partial charge in [0.1, 0.15) is 16.2 Å². The molecule has 1 aromatic carbocycles. The van der Waals surface area contributed by atoms with Crippen LogP contribution in [0.2, 0.25) is 0 Å². The summed E-state index contributed by atoms with van der Waals surface area (Å²) in [5.41, 5.74) is -0.0180. The predicted octanol–water partition coefficient (Wildman–Crippen LogP) is 1.85. The molecule has 1 saturated carbocycles. The molecule has 0 bridgehead atoms. The minimum atomic E-state index is -0.483. The lowest BCUT2D eigenvalue weighted by atomic mass is 10.2. The van der Waals surface area contributed by atoms with Crippen molar-refractivity contribution in [2.75, 3.05) is 12.9 Å². The summed E-state index contributed by atoms with van der Waals surface area (Å²) in [5.74, 6) is 1.08. The van der Waals surface area contributed by atoms with Gasteiger partial charge in [0.25, 0.3) is 5.56 Å². The molecule has 1 N–H and O–H groups in total. The molecule has 0 aliphatic heterocycles. The van der Waals surface area contributed by atoms with E-state index in [0.29, 0.717) is 22.2 Å². The molecule has 3 aromatic rings. The molecule has 9 nitrogen and oxygen atoms in total. The SMILES string of the molecule is COc1ccc(-c2nc(SCC(=O)NC3CCCC3)c3c(=O)n(C)c(=O)n(C)c3n2)cc1. The van der Waals surface area contributed by atoms with Gasteiger partial charge >= 0.3 is 5.69 Å². The van der Waals surface area contributed by atoms with Gasteiger partial charge < -0.3 is 10.1 Å². The van der Waals surface area contributed by atoms with E-state index in [1.54, 1.807) is 38.4 Å². The third kappa shape index (κ3) is 4.27. The molecule has 0 radical (unpaired) electrons. The molecule has 1 amide bonds. The van der Waals surface area contributed by atoms with Gasteiger partial charge in [0.05, 0.1) is 12.9 Å². The van der Waals surface area contributed by atoms with Crippen LogP contribution in [0.4, 0.5) is 0 Å². The highest BCUT2D eigenvalue weighted by Crippen LogP contribution is 2.27. The molecule has 2 aromatic heterocycles. The number of methoxy groups -OCH3 is 1. The van der Waals surface area contributed by atoms with E-state index in [9.17, 15) is 14.4 Å². The maximum Gasteiger partial charge on any atom is 0.332 e. The molecular weight excluding hydrogens is 430 g/mol. The third-order valence-corrected chi connectivity index (χ3v) is 6.65. The molecule has 4 rings (SSSR count). The zero-order valence-electron chi connectivity index (χ0n) is 18.3. The summed E-state index contributed by atoms with van der Waals surface area (Å²) >= 11 is 1.18. The second kappa shape index (κ2) is 9.15. The first kappa shape index (κ1) is 22.1. The smallest absolute Gasteiger partial charge is 0.332 e. The van der Waals surface area contributed by atoms with E-state index >= 15 is 0 Å². The number of carbonyl (C=O) groups excluding carboxylic acids is 1. The van der Waals surface area contributed by atoms with Crippen molar-refractivity contribution in [3.63, 3.8) is 0 Å². The molecule has 0 spiro atoms. The van der Waals surface area contributed by atoms with Crippen LogP contribution in [-0.4, -0.2) is 43.9 Å². The number of nitrogens with zero attached hydrogens (tertiary/aromatic N) is 4. The van der Waals surface area contributed by atoms with E-state index in [1.807, 2.05) is 0 Å². The molecule has 10 heteroatoms. The summed E-state index contributed by atoms with van der Waals surface area (Å²) in [5, 5.41) is 3.65. The molecule has 0 atom stereocenters. The van der Waals surface area contributed by atoms with Crippen LogP contribution < -0.4 is 21.3 Å². The first-order valence-electron chi connectivity index (χ1n) is 10.4. The number of hydrogen-bond acceptors (Lipinski definition) is 7. The van der Waals surface area contributed by atoms with Gasteiger partial charge in [0, 0.05) is 25.7 Å². The van der Waals surface area contributed by atoms with Crippen LogP contribution in [0, 0.1) is 0 Å². The Morgan fingerprint density at radius 3 is 2.47 bits per heavy atom. The topological polar surface area (TPSA) is 108 Å². The van der Waals surface area contributed by atoms with E-state index in [-0.39, 0.29) is 28.7 Å². The van der Waals surface area contributed by atoms with E-state index in [2.05, 4.69) is 15.3 Å². The fraction of sp³-hybridized carbons (Fsp3) is 0.409. The number of amides is 1. The van der Waals surface area contributed by atoms with E-state index in [0.717, 1.165) is 30.3 Å². The molecule has 1 aliphatic rings. The molecule has 32 heavy (non-hydrogen) atoms. The number of nitrogens with one attached hydrogen (secondary N) is 1. The maximum atomic E-state index is 12.9. The van der Waals surface area contributed by atoms with Crippen LogP contribution in [0.15, 0.2) is 38.9 Å². The van der Waals surface area contributed by atoms with E-state index < -0.39 is 11.2 Å². The second-order valence-corrected chi connectivity index (χ2v) is 8.79. The van der Waals surface area contributed by atoms with Crippen molar-refractivity contribution in [3.8, 4) is 17.1 Å². The van der Waals surface area contributed by atoms with Crippen molar-refractivity contribution >= 4 is 28.7 Å². The van der Waals surface area contributed by atoms with Crippen molar-refractivity contribution in [2.45, 2.75) is 36.8 Å². The largest absolute Gasteiger partial charge is 0.497 e. The lowest BCUT2D eigenvalue weighted by molar-refractivity contribution is -0.119. The number of ether oxygens (including phenoxy) is 1. The predicted molar refractivity (Wildman–Crippen MR) is 123 cm³/mol. The summed E-state index contributed by atoms with van der Waals surface area (Å²) in [6.07, 6.45) is 4.25. The summed E-state index contributed by atoms with van der Waals surface area (Å²) in [6.45, 7) is 0. The minimum Gasteiger partial charge on any atom is -0.497 e. The summed E-state index contributed by atoms with van der Waals surface area (Å²) < 4.78 is 7.56. The highest BCUT2D eigenvalue weighted by Gasteiger charge is 2.21. The standard InChI is InChI=1S/C22H25N5O4S/c1-26-19-17(21(29)27(2)22(26)30)20(32-12-16(28)23-14-6-4-5-7-14)25-18(24-19)13-8-10-15(31-3)11-9-13/h8-11,14H,4-7,12H2,1-3H3,(H,23,28). The maximum absolute atomic E-state index is 12.9. The summed E-state index contributed by atoms with van der Waals surface area (Å²) in [4.78, 5) is 47.0. The van der Waals surface area contributed by atoms with Gasteiger partial charge in [-0.3, -0.25) is 18.7 Å². The van der Waals surface area contributed by atoms with Gasteiger partial charge in [-0.25, -0.2) is 14.8 Å². The van der Waals surface area contributed by atoms with Crippen molar-refractivity contribution < 1.29 is 9.53 Å². The average molecular weight is 456 g/mol. The Morgan fingerprint density at radius 2 is 1.81 bits per heavy atom. The number of hydrogen-bond donors (Lipinski definition) is 1. The summed E-state index contributed by atoms with van der Waals surface area (Å²) in [7, 11) is 4.57. The number of carbonyl (C=O) groups is 1. The molecule has 1 fully saturated rings. The highest BCUT2D eigenvalue weighted by atomic mass is 32.2. The van der Waals surface area contributed by atoms with E-state index in [4.69, 9.17) is 4.74 Å². The molecular formula is C22H25N5O4S. The number of aromatic nitrogens is 4. The minimum absolute atomic E-state index is 0.0960. The Balaban J connectivity index is 1.76. The van der Waals surface area contributed by atoms with Crippen LogP contribution in [0.3, 0.4) is 0 Å². The third-order valence-electron chi connectivity index (χ3n) is 5.68. The zero-order chi connectivity index (χ0) is 22.8. The average Bonchev–Trinajstić information content (AvgIpc) is 3.32. The Morgan fingerprint density at radius 1 is 1.12 bits per heavy atom. The Hall–Kier alpha value is -3.14. The molecule has 2 heterocycles. The number of thioether (sulfide) groups is 1. The van der Waals surface area contributed by atoms with Gasteiger partial charge in [0.15, 0.2) is 11.5 Å². The van der Waals surface area contributed by atoms with Gasteiger partial charge in [-0.05, 0) is 37.1 Å². The molecule has 1 aliphatic carbocycles. The van der Waals surface area contributed by atoms with Crippen LogP contribution in [0.5, 0.6) is 5.75 Å². The normalized spacial score (nSPS) is 14.1. The monoisotopic (exact) mass is 455 g/mol. The van der Waals surface area contributed by atoms with Crippen molar-refractivity contribution in [3.05, 3.63) is 45.1 Å². The lowest BCUT2D eigenvalue weighted by Crippen LogP contribution is -2.38. The zero-order valence-corrected chi connectivity index (χ0v) is 19.1. The van der Waals surface area contributed by atoms with Crippen molar-refractivity contribution in [1.29, 1.82) is 0 Å². The number of aryl methyl sites for hydroxylation is 1. The van der Waals surface area contributed by atoms with Crippen molar-refractivity contribution in [2.24, 2.45) is 14.1 Å². The first-order chi connectivity index (χ1) is 15.4. The van der Waals surface area contributed by atoms with Crippen LogP contribution in [0.25, 0.3) is 22.4 Å².